The van der Waals surface area contributed by atoms with Crippen LogP contribution in [0.3, 0.4) is 0 Å². The molecular weight excluding hydrogens is 291 g/mol. The van der Waals surface area contributed by atoms with Gasteiger partial charge in [0.1, 0.15) is 12.4 Å². The summed E-state index contributed by atoms with van der Waals surface area (Å²) in [5.41, 5.74) is 2.51. The van der Waals surface area contributed by atoms with E-state index in [9.17, 15) is 0 Å². The molecule has 0 spiro atoms. The van der Waals surface area contributed by atoms with Crippen LogP contribution >= 0.6 is 8.15 Å². The lowest BCUT2D eigenvalue weighted by atomic mass is 10.0. The van der Waals surface area contributed by atoms with Gasteiger partial charge in [0, 0.05) is 14.8 Å². The molecule has 2 aromatic carbocycles. The van der Waals surface area contributed by atoms with Crippen molar-refractivity contribution in [1.82, 2.24) is 0 Å². The maximum Gasteiger partial charge on any atom is 0.120 e. The zero-order valence-corrected chi connectivity index (χ0v) is 14.6. The quantitative estimate of drug-likeness (QED) is 0.604. The van der Waals surface area contributed by atoms with Crippen LogP contribution in [0, 0.1) is 0 Å². The Hall–Kier alpha value is -1.37. The molecule has 2 rings (SSSR count). The second-order valence-electron chi connectivity index (χ2n) is 5.48. The smallest absolute Gasteiger partial charge is 0.120 e. The van der Waals surface area contributed by atoms with Gasteiger partial charge in [-0.2, -0.15) is 0 Å². The fourth-order valence-corrected chi connectivity index (χ4v) is 3.94. The van der Waals surface area contributed by atoms with Gasteiger partial charge in [0.25, 0.3) is 0 Å². The predicted molar refractivity (Wildman–Crippen MR) is 95.0 cm³/mol. The minimum Gasteiger partial charge on any atom is -0.489 e. The SMILES string of the molecule is CCOP(C)CC(C)c1cccc(OCc2ccccc2)c1. The van der Waals surface area contributed by atoms with Crippen molar-refractivity contribution in [2.24, 2.45) is 0 Å². The van der Waals surface area contributed by atoms with Crippen molar-refractivity contribution in [1.29, 1.82) is 0 Å². The number of ether oxygens (including phenoxy) is 1. The highest BCUT2D eigenvalue weighted by atomic mass is 31.1. The van der Waals surface area contributed by atoms with Gasteiger partial charge in [-0.1, -0.05) is 49.4 Å². The molecule has 2 atom stereocenters. The van der Waals surface area contributed by atoms with Crippen LogP contribution in [-0.4, -0.2) is 19.4 Å². The molecule has 2 aromatic rings. The monoisotopic (exact) mass is 316 g/mol. The lowest BCUT2D eigenvalue weighted by molar-refractivity contribution is 0.306. The largest absolute Gasteiger partial charge is 0.489 e. The third-order valence-corrected chi connectivity index (χ3v) is 5.32. The van der Waals surface area contributed by atoms with Gasteiger partial charge in [0.2, 0.25) is 0 Å². The maximum absolute atomic E-state index is 5.91. The predicted octanol–water partition coefficient (Wildman–Crippen LogP) is 5.43. The van der Waals surface area contributed by atoms with Crippen LogP contribution < -0.4 is 4.74 Å². The van der Waals surface area contributed by atoms with Crippen LogP contribution in [0.2, 0.25) is 0 Å². The normalized spacial score (nSPS) is 13.6. The molecule has 0 bridgehead atoms. The van der Waals surface area contributed by atoms with Crippen LogP contribution in [-0.2, 0) is 11.1 Å². The van der Waals surface area contributed by atoms with Crippen LogP contribution in [0.1, 0.15) is 30.9 Å². The van der Waals surface area contributed by atoms with Gasteiger partial charge < -0.3 is 9.26 Å². The Morgan fingerprint density at radius 2 is 1.82 bits per heavy atom. The van der Waals surface area contributed by atoms with Gasteiger partial charge >= 0.3 is 0 Å². The average Bonchev–Trinajstić information content (AvgIpc) is 2.54. The van der Waals surface area contributed by atoms with Gasteiger partial charge in [-0.05, 0) is 48.9 Å². The lowest BCUT2D eigenvalue weighted by Gasteiger charge is -2.18. The molecule has 0 aliphatic heterocycles. The number of benzene rings is 2. The highest BCUT2D eigenvalue weighted by molar-refractivity contribution is 7.51. The highest BCUT2D eigenvalue weighted by Gasteiger charge is 2.11. The molecule has 0 saturated carbocycles. The van der Waals surface area contributed by atoms with Crippen molar-refractivity contribution in [2.75, 3.05) is 19.4 Å². The highest BCUT2D eigenvalue weighted by Crippen LogP contribution is 2.38. The standard InChI is InChI=1S/C19H25O2P/c1-4-21-22(3)15-16(2)18-11-8-12-19(13-18)20-14-17-9-6-5-7-10-17/h5-13,16H,4,14-15H2,1-3H3. The first kappa shape index (κ1) is 17.0. The van der Waals surface area contributed by atoms with Crippen molar-refractivity contribution in [3.8, 4) is 5.75 Å². The summed E-state index contributed by atoms with van der Waals surface area (Å²) in [6, 6.07) is 18.7. The molecule has 0 radical (unpaired) electrons. The number of rotatable bonds is 8. The average molecular weight is 316 g/mol. The first-order valence-electron chi connectivity index (χ1n) is 7.79. The summed E-state index contributed by atoms with van der Waals surface area (Å²) < 4.78 is 11.6. The molecule has 22 heavy (non-hydrogen) atoms. The lowest BCUT2D eigenvalue weighted by Crippen LogP contribution is -2.01. The molecule has 0 aliphatic carbocycles. The van der Waals surface area contributed by atoms with E-state index in [1.165, 1.54) is 11.1 Å². The van der Waals surface area contributed by atoms with Crippen LogP contribution in [0.25, 0.3) is 0 Å². The summed E-state index contributed by atoms with van der Waals surface area (Å²) in [5, 5.41) is 0. The van der Waals surface area contributed by atoms with Crippen molar-refractivity contribution in [3.05, 3.63) is 65.7 Å². The second kappa shape index (κ2) is 8.92. The molecule has 0 fully saturated rings. The zero-order chi connectivity index (χ0) is 15.8. The van der Waals surface area contributed by atoms with Crippen molar-refractivity contribution >= 4 is 8.15 Å². The summed E-state index contributed by atoms with van der Waals surface area (Å²) >= 11 is 0. The van der Waals surface area contributed by atoms with Crippen molar-refractivity contribution < 1.29 is 9.26 Å². The molecule has 0 amide bonds. The molecule has 0 N–H and O–H groups in total. The van der Waals surface area contributed by atoms with E-state index in [2.05, 4.69) is 50.8 Å². The van der Waals surface area contributed by atoms with Crippen molar-refractivity contribution in [2.45, 2.75) is 26.4 Å². The Balaban J connectivity index is 1.94. The first-order valence-corrected chi connectivity index (χ1v) is 9.69. The fourth-order valence-electron chi connectivity index (χ4n) is 2.42. The Morgan fingerprint density at radius 1 is 1.05 bits per heavy atom. The van der Waals surface area contributed by atoms with Crippen molar-refractivity contribution in [3.63, 3.8) is 0 Å². The molecule has 2 unspecified atom stereocenters. The third kappa shape index (κ3) is 5.44. The summed E-state index contributed by atoms with van der Waals surface area (Å²) in [6.45, 7) is 7.92. The summed E-state index contributed by atoms with van der Waals surface area (Å²) in [6.07, 6.45) is 1.09. The first-order chi connectivity index (χ1) is 10.7. The Morgan fingerprint density at radius 3 is 2.55 bits per heavy atom. The van der Waals surface area contributed by atoms with E-state index in [4.69, 9.17) is 9.26 Å². The molecule has 0 aromatic heterocycles. The van der Waals surface area contributed by atoms with Gasteiger partial charge in [-0.15, -0.1) is 0 Å². The number of hydrogen-bond acceptors (Lipinski definition) is 2. The van der Waals surface area contributed by atoms with E-state index in [1.54, 1.807) is 0 Å². The summed E-state index contributed by atoms with van der Waals surface area (Å²) in [4.78, 5) is 0. The molecule has 2 nitrogen and oxygen atoms in total. The maximum atomic E-state index is 5.91. The fraction of sp³-hybridized carbons (Fsp3) is 0.368. The summed E-state index contributed by atoms with van der Waals surface area (Å²) in [5.74, 6) is 1.42. The molecule has 0 heterocycles. The molecular formula is C19H25O2P. The Labute approximate surface area is 135 Å². The minimum atomic E-state index is -0.338. The van der Waals surface area contributed by atoms with Gasteiger partial charge in [0.05, 0.1) is 0 Å². The third-order valence-electron chi connectivity index (χ3n) is 3.56. The van der Waals surface area contributed by atoms with E-state index >= 15 is 0 Å². The summed E-state index contributed by atoms with van der Waals surface area (Å²) in [7, 11) is -0.338. The molecule has 3 heteroatoms. The Bertz CT molecular complexity index is 556. The van der Waals surface area contributed by atoms with E-state index in [0.717, 1.165) is 18.5 Å². The van der Waals surface area contributed by atoms with E-state index in [-0.39, 0.29) is 8.15 Å². The molecule has 118 valence electrons. The second-order valence-corrected chi connectivity index (χ2v) is 7.36. The van der Waals surface area contributed by atoms with Crippen LogP contribution in [0.5, 0.6) is 5.75 Å². The zero-order valence-electron chi connectivity index (χ0n) is 13.7. The van der Waals surface area contributed by atoms with E-state index in [1.807, 2.05) is 24.3 Å². The van der Waals surface area contributed by atoms with E-state index in [0.29, 0.717) is 12.5 Å². The molecule has 0 saturated heterocycles. The topological polar surface area (TPSA) is 18.5 Å². The van der Waals surface area contributed by atoms with Gasteiger partial charge in [0.15, 0.2) is 0 Å². The van der Waals surface area contributed by atoms with Crippen LogP contribution in [0.15, 0.2) is 54.6 Å². The van der Waals surface area contributed by atoms with Gasteiger partial charge in [-0.3, -0.25) is 0 Å². The van der Waals surface area contributed by atoms with Gasteiger partial charge in [-0.25, -0.2) is 0 Å². The molecule has 0 aliphatic rings. The Kier molecular flexibility index (Phi) is 6.89. The van der Waals surface area contributed by atoms with Crippen LogP contribution in [0.4, 0.5) is 0 Å². The van der Waals surface area contributed by atoms with E-state index < -0.39 is 0 Å². The number of hydrogen-bond donors (Lipinski definition) is 0. The minimum absolute atomic E-state index is 0.338.